The van der Waals surface area contributed by atoms with Crippen LogP contribution in [0.1, 0.15) is 127 Å². The van der Waals surface area contributed by atoms with Gasteiger partial charge in [-0.25, -0.2) is 4.79 Å². The lowest BCUT2D eigenvalue weighted by molar-refractivity contribution is -0.258. The van der Waals surface area contributed by atoms with Crippen molar-refractivity contribution < 1.29 is 48.3 Å². The third-order valence-corrected chi connectivity index (χ3v) is 14.3. The van der Waals surface area contributed by atoms with E-state index in [0.717, 1.165) is 72.9 Å². The molecule has 13 nitrogen and oxygen atoms in total. The molecule has 2 amide bonds. The van der Waals surface area contributed by atoms with E-state index in [2.05, 4.69) is 18.0 Å². The number of allylic oxidation sites excluding steroid dienone is 1. The van der Waals surface area contributed by atoms with E-state index in [-0.39, 0.29) is 63.2 Å². The van der Waals surface area contributed by atoms with Crippen LogP contribution in [-0.4, -0.2) is 76.9 Å². The van der Waals surface area contributed by atoms with Gasteiger partial charge in [-0.05, 0) is 118 Å². The summed E-state index contributed by atoms with van der Waals surface area (Å²) in [7, 11) is 0. The SMILES string of the molecule is C=CCOC12Oc3ccc(OC(=O)NCc4ccccc4)cc3C3C(CCCCO)C(CCCCO)C=C(C(=NOC(C)(C)C)CC1N(Cc1ccc4c(c1)OCO4)C(=O)CCC1CCCC1)C32. The summed E-state index contributed by atoms with van der Waals surface area (Å²) in [6.07, 6.45) is 14.0. The number of amides is 2. The molecule has 3 aliphatic carbocycles. The first kappa shape index (κ1) is 49.1. The minimum Gasteiger partial charge on any atom is -0.459 e. The van der Waals surface area contributed by atoms with Crippen molar-refractivity contribution in [3.63, 3.8) is 0 Å². The van der Waals surface area contributed by atoms with Gasteiger partial charge in [-0.2, -0.15) is 0 Å². The highest BCUT2D eigenvalue weighted by Gasteiger charge is 2.65. The molecule has 68 heavy (non-hydrogen) atoms. The molecule has 3 aromatic rings. The van der Waals surface area contributed by atoms with Gasteiger partial charge >= 0.3 is 6.09 Å². The van der Waals surface area contributed by atoms with Gasteiger partial charge < -0.3 is 49.0 Å². The molecule has 2 fully saturated rings. The van der Waals surface area contributed by atoms with Gasteiger partial charge in [-0.15, -0.1) is 6.58 Å². The topological polar surface area (TPSA) is 158 Å². The van der Waals surface area contributed by atoms with Crippen molar-refractivity contribution in [2.24, 2.45) is 28.8 Å². The highest BCUT2D eigenvalue weighted by Crippen LogP contribution is 2.62. The molecule has 0 spiro atoms. The molecule has 2 heterocycles. The van der Waals surface area contributed by atoms with E-state index < -0.39 is 29.4 Å². The van der Waals surface area contributed by atoms with Crippen molar-refractivity contribution in [3.05, 3.63) is 108 Å². The molecule has 13 heteroatoms. The molecule has 0 radical (unpaired) electrons. The zero-order chi connectivity index (χ0) is 47.7. The van der Waals surface area contributed by atoms with Crippen LogP contribution >= 0.6 is 0 Å². The summed E-state index contributed by atoms with van der Waals surface area (Å²) in [5.41, 5.74) is 3.72. The Labute approximate surface area is 401 Å². The average molecular weight is 934 g/mol. The number of unbranched alkanes of at least 4 members (excludes halogenated alkanes) is 2. The zero-order valence-corrected chi connectivity index (χ0v) is 40.2. The van der Waals surface area contributed by atoms with Crippen LogP contribution in [0.2, 0.25) is 0 Å². The molecular weight excluding hydrogens is 863 g/mol. The number of nitrogens with zero attached hydrogens (tertiary/aromatic N) is 2. The second-order valence-electron chi connectivity index (χ2n) is 20.1. The van der Waals surface area contributed by atoms with E-state index in [1.807, 2.05) is 86.3 Å². The van der Waals surface area contributed by atoms with E-state index in [0.29, 0.717) is 54.7 Å². The molecule has 5 aliphatic rings. The lowest BCUT2D eigenvalue weighted by Crippen LogP contribution is -2.70. The third-order valence-electron chi connectivity index (χ3n) is 14.3. The summed E-state index contributed by atoms with van der Waals surface area (Å²) in [5, 5.41) is 28.0. The number of fused-ring (bicyclic) bond motifs is 3. The number of ether oxygens (including phenoxy) is 5. The zero-order valence-electron chi connectivity index (χ0n) is 40.2. The molecule has 3 aromatic carbocycles. The lowest BCUT2D eigenvalue weighted by atomic mass is 9.55. The van der Waals surface area contributed by atoms with Gasteiger partial charge in [0.1, 0.15) is 23.1 Å². The Morgan fingerprint density at radius 3 is 2.41 bits per heavy atom. The summed E-state index contributed by atoms with van der Waals surface area (Å²) < 4.78 is 32.3. The van der Waals surface area contributed by atoms with Crippen molar-refractivity contribution in [3.8, 4) is 23.0 Å². The van der Waals surface area contributed by atoms with Gasteiger partial charge in [0, 0.05) is 50.6 Å². The van der Waals surface area contributed by atoms with E-state index in [9.17, 15) is 15.0 Å². The Morgan fingerprint density at radius 2 is 1.66 bits per heavy atom. The smallest absolute Gasteiger partial charge is 0.412 e. The van der Waals surface area contributed by atoms with E-state index in [4.69, 9.17) is 33.7 Å². The first-order chi connectivity index (χ1) is 33.0. The number of carbonyl (C=O) groups excluding carboxylic acids is 2. The van der Waals surface area contributed by atoms with Gasteiger partial charge in [0.05, 0.1) is 18.2 Å². The van der Waals surface area contributed by atoms with Gasteiger partial charge in [-0.3, -0.25) is 4.79 Å². The van der Waals surface area contributed by atoms with Gasteiger partial charge in [-0.1, -0.05) is 92.2 Å². The van der Waals surface area contributed by atoms with Gasteiger partial charge in [0.25, 0.3) is 0 Å². The van der Waals surface area contributed by atoms with Crippen molar-refractivity contribution in [1.82, 2.24) is 10.2 Å². The Kier molecular flexibility index (Phi) is 16.1. The van der Waals surface area contributed by atoms with Crippen molar-refractivity contribution >= 4 is 17.7 Å². The number of nitrogens with one attached hydrogen (secondary N) is 1. The van der Waals surface area contributed by atoms with Crippen molar-refractivity contribution in [2.45, 2.75) is 141 Å². The molecule has 0 saturated heterocycles. The van der Waals surface area contributed by atoms with Crippen LogP contribution in [0.5, 0.6) is 23.0 Å². The molecule has 6 atom stereocenters. The molecular formula is C55H71N3O10. The molecule has 8 rings (SSSR count). The summed E-state index contributed by atoms with van der Waals surface area (Å²) >= 11 is 0. The molecule has 0 bridgehead atoms. The quantitative estimate of drug-likeness (QED) is 0.0534. The fraction of sp³-hybridized carbons (Fsp3) is 0.545. The van der Waals surface area contributed by atoms with Gasteiger partial charge in [0.15, 0.2) is 11.5 Å². The largest absolute Gasteiger partial charge is 0.459 e. The van der Waals surface area contributed by atoms with E-state index in [1.54, 1.807) is 12.1 Å². The van der Waals surface area contributed by atoms with Crippen LogP contribution in [0.3, 0.4) is 0 Å². The number of hydrogen-bond donors (Lipinski definition) is 3. The summed E-state index contributed by atoms with van der Waals surface area (Å²) in [5.74, 6) is 0.502. The van der Waals surface area contributed by atoms with Crippen LogP contribution in [0.25, 0.3) is 0 Å². The van der Waals surface area contributed by atoms with Crippen molar-refractivity contribution in [2.75, 3.05) is 26.6 Å². The first-order valence-electron chi connectivity index (χ1n) is 24.9. The molecule has 0 aromatic heterocycles. The summed E-state index contributed by atoms with van der Waals surface area (Å²) in [6.45, 7) is 11.0. The van der Waals surface area contributed by atoms with Crippen molar-refractivity contribution in [1.29, 1.82) is 0 Å². The molecule has 3 N–H and O–H groups in total. The predicted molar refractivity (Wildman–Crippen MR) is 259 cm³/mol. The Balaban J connectivity index is 1.29. The van der Waals surface area contributed by atoms with Crippen LogP contribution in [-0.2, 0) is 27.5 Å². The fourth-order valence-electron chi connectivity index (χ4n) is 11.2. The normalized spacial score (nSPS) is 24.3. The Hall–Kier alpha value is -5.37. The monoisotopic (exact) mass is 934 g/mol. The Morgan fingerprint density at radius 1 is 0.912 bits per heavy atom. The van der Waals surface area contributed by atoms with Crippen LogP contribution in [0.4, 0.5) is 4.79 Å². The van der Waals surface area contributed by atoms with Crippen LogP contribution in [0.15, 0.2) is 96.2 Å². The van der Waals surface area contributed by atoms with Crippen LogP contribution < -0.4 is 24.3 Å². The number of rotatable bonds is 21. The van der Waals surface area contributed by atoms with E-state index in [1.165, 1.54) is 12.8 Å². The third kappa shape index (κ3) is 11.4. The maximum absolute atomic E-state index is 15.3. The number of oxime groups is 1. The maximum atomic E-state index is 15.3. The second kappa shape index (κ2) is 22.4. The average Bonchev–Trinajstić information content (AvgIpc) is 4.05. The maximum Gasteiger partial charge on any atom is 0.412 e. The number of aliphatic hydroxyl groups is 2. The number of aliphatic hydroxyl groups excluding tert-OH is 2. The fourth-order valence-corrected chi connectivity index (χ4v) is 11.2. The van der Waals surface area contributed by atoms with E-state index >= 15 is 4.79 Å². The minimum atomic E-state index is -1.45. The number of hydrogen-bond acceptors (Lipinski definition) is 11. The number of carbonyl (C=O) groups is 2. The number of benzene rings is 3. The summed E-state index contributed by atoms with van der Waals surface area (Å²) in [4.78, 5) is 37.0. The highest BCUT2D eigenvalue weighted by atomic mass is 16.7. The molecule has 2 saturated carbocycles. The second-order valence-corrected chi connectivity index (χ2v) is 20.1. The van der Waals surface area contributed by atoms with Crippen LogP contribution in [0, 0.1) is 23.7 Å². The molecule has 2 aliphatic heterocycles. The summed E-state index contributed by atoms with van der Waals surface area (Å²) in [6, 6.07) is 20.3. The first-order valence-corrected chi connectivity index (χ1v) is 24.9. The van der Waals surface area contributed by atoms with Gasteiger partial charge in [0.2, 0.25) is 18.5 Å². The highest BCUT2D eigenvalue weighted by molar-refractivity contribution is 6.03. The Bertz CT molecular complexity index is 2270. The molecule has 6 unspecified atom stereocenters. The predicted octanol–water partition coefficient (Wildman–Crippen LogP) is 10.1. The standard InChI is InChI=1S/C55H71N3O10/c1-5-29-65-55-49(58(50(61)26-22-37-15-9-10-16-37)35-39-21-24-47-48(30-39)64-36-63-47)33-45(57-68-54(2,3)4)43-31-40(19-11-13-27-59)42(20-12-14-28-60)51(52(43)55)44-32-41(23-25-46(44)67-55)66-53(62)56-34-38-17-7-6-8-18-38/h5-8,17-18,21,23-25,30-32,37,40,42,49,51-52,59-60H,1,9-16,19-20,22,26-29,33-36H2,2-4H3,(H,56,62). The lowest BCUT2D eigenvalue weighted by Gasteiger charge is -2.60. The molecule has 366 valence electrons. The minimum absolute atomic E-state index is 0.00180.